The molecule has 8 nitrogen and oxygen atoms in total. The van der Waals surface area contributed by atoms with E-state index < -0.39 is 0 Å². The highest BCUT2D eigenvalue weighted by atomic mass is 16.5. The number of urea groups is 1. The predicted molar refractivity (Wildman–Crippen MR) is 97.7 cm³/mol. The van der Waals surface area contributed by atoms with E-state index in [2.05, 4.69) is 29.3 Å². The predicted octanol–water partition coefficient (Wildman–Crippen LogP) is 2.02. The summed E-state index contributed by atoms with van der Waals surface area (Å²) in [5, 5.41) is 6.92. The van der Waals surface area contributed by atoms with Gasteiger partial charge in [-0.15, -0.1) is 0 Å². The molecule has 1 atom stereocenters. The van der Waals surface area contributed by atoms with Crippen LogP contribution in [0.25, 0.3) is 0 Å². The quantitative estimate of drug-likeness (QED) is 0.798. The molecule has 1 saturated heterocycles. The summed E-state index contributed by atoms with van der Waals surface area (Å²) < 4.78 is 5.21. The van der Waals surface area contributed by atoms with Gasteiger partial charge in [-0.05, 0) is 12.3 Å². The summed E-state index contributed by atoms with van der Waals surface area (Å²) in [6.07, 6.45) is 1.34. The average Bonchev–Trinajstić information content (AvgIpc) is 3.22. The fraction of sp³-hybridized carbons (Fsp3) is 0.778. The third kappa shape index (κ3) is 5.44. The monoisotopic (exact) mass is 365 g/mol. The zero-order chi connectivity index (χ0) is 19.3. The van der Waals surface area contributed by atoms with E-state index in [1.54, 1.807) is 11.8 Å². The van der Waals surface area contributed by atoms with Crippen molar-refractivity contribution in [3.05, 3.63) is 11.7 Å². The minimum absolute atomic E-state index is 0.00650. The van der Waals surface area contributed by atoms with Crippen molar-refractivity contribution in [1.29, 1.82) is 0 Å². The molecule has 1 N–H and O–H groups in total. The summed E-state index contributed by atoms with van der Waals surface area (Å²) in [5.74, 6) is 1.84. The van der Waals surface area contributed by atoms with Crippen LogP contribution in [0, 0.1) is 5.92 Å². The molecule has 2 rings (SSSR count). The van der Waals surface area contributed by atoms with Crippen LogP contribution in [0.5, 0.6) is 0 Å². The first-order valence-corrected chi connectivity index (χ1v) is 9.40. The molecule has 8 heteroatoms. The molecule has 0 radical (unpaired) electrons. The Morgan fingerprint density at radius 2 is 2.08 bits per heavy atom. The molecule has 26 heavy (non-hydrogen) atoms. The largest absolute Gasteiger partial charge is 0.339 e. The van der Waals surface area contributed by atoms with Crippen LogP contribution >= 0.6 is 0 Å². The summed E-state index contributed by atoms with van der Waals surface area (Å²) in [7, 11) is 0. The standard InChI is InChI=1S/C18H31N5O3/c1-12(2)10-19-18(25)22-8-6-15(11-22)23(14(5)24)9-7-16-20-17(13(3)4)26-21-16/h12-13,15H,6-11H2,1-5H3,(H,19,25). The second-order valence-electron chi connectivity index (χ2n) is 7.63. The molecule has 0 saturated carbocycles. The molecule has 1 aliphatic rings. The summed E-state index contributed by atoms with van der Waals surface area (Å²) in [6.45, 7) is 12.1. The van der Waals surface area contributed by atoms with E-state index in [9.17, 15) is 9.59 Å². The topological polar surface area (TPSA) is 91.6 Å². The van der Waals surface area contributed by atoms with Gasteiger partial charge in [-0.1, -0.05) is 32.9 Å². The number of carbonyl (C=O) groups is 2. The van der Waals surface area contributed by atoms with Crippen LogP contribution in [0.3, 0.4) is 0 Å². The van der Waals surface area contributed by atoms with E-state index in [0.717, 1.165) is 6.42 Å². The highest BCUT2D eigenvalue weighted by Crippen LogP contribution is 2.17. The Morgan fingerprint density at radius 1 is 1.35 bits per heavy atom. The second kappa shape index (κ2) is 9.00. The highest BCUT2D eigenvalue weighted by Gasteiger charge is 2.31. The van der Waals surface area contributed by atoms with E-state index in [1.165, 1.54) is 0 Å². The van der Waals surface area contributed by atoms with Gasteiger partial charge in [0.05, 0.1) is 6.04 Å². The molecule has 1 aromatic heterocycles. The maximum Gasteiger partial charge on any atom is 0.317 e. The van der Waals surface area contributed by atoms with Crippen molar-refractivity contribution < 1.29 is 14.1 Å². The molecular weight excluding hydrogens is 334 g/mol. The fourth-order valence-electron chi connectivity index (χ4n) is 3.01. The minimum atomic E-state index is -0.0514. The van der Waals surface area contributed by atoms with Gasteiger partial charge in [0.15, 0.2) is 5.82 Å². The summed E-state index contributed by atoms with van der Waals surface area (Å²) in [4.78, 5) is 32.3. The smallest absolute Gasteiger partial charge is 0.317 e. The van der Waals surface area contributed by atoms with Crippen LogP contribution in [-0.4, -0.2) is 64.1 Å². The van der Waals surface area contributed by atoms with Gasteiger partial charge in [0.1, 0.15) is 0 Å². The normalized spacial score (nSPS) is 17.2. The molecule has 2 heterocycles. The van der Waals surface area contributed by atoms with Crippen molar-refractivity contribution in [2.75, 3.05) is 26.2 Å². The molecule has 0 bridgehead atoms. The Kier molecular flexibility index (Phi) is 6.99. The van der Waals surface area contributed by atoms with Crippen LogP contribution in [0.4, 0.5) is 4.79 Å². The van der Waals surface area contributed by atoms with Crippen molar-refractivity contribution in [1.82, 2.24) is 25.3 Å². The van der Waals surface area contributed by atoms with Gasteiger partial charge in [-0.2, -0.15) is 4.98 Å². The summed E-state index contributed by atoms with van der Waals surface area (Å²) in [6, 6.07) is -0.0155. The summed E-state index contributed by atoms with van der Waals surface area (Å²) >= 11 is 0. The van der Waals surface area contributed by atoms with Crippen molar-refractivity contribution in [3.63, 3.8) is 0 Å². The number of aromatic nitrogens is 2. The molecule has 1 aromatic rings. The first-order chi connectivity index (χ1) is 12.3. The first kappa shape index (κ1) is 20.2. The number of hydrogen-bond acceptors (Lipinski definition) is 5. The Bertz CT molecular complexity index is 614. The highest BCUT2D eigenvalue weighted by molar-refractivity contribution is 5.76. The van der Waals surface area contributed by atoms with Crippen LogP contribution in [0.2, 0.25) is 0 Å². The van der Waals surface area contributed by atoms with Crippen LogP contribution in [0.1, 0.15) is 58.7 Å². The SMILES string of the molecule is CC(=O)N(CCc1noc(C(C)C)n1)C1CCN(C(=O)NCC(C)C)C1. The molecule has 3 amide bonds. The Hall–Kier alpha value is -2.12. The number of rotatable bonds is 7. The second-order valence-corrected chi connectivity index (χ2v) is 7.63. The van der Waals surface area contributed by atoms with Crippen molar-refractivity contribution in [2.45, 2.75) is 59.4 Å². The Morgan fingerprint density at radius 3 is 2.65 bits per heavy atom. The molecule has 0 aromatic carbocycles. The molecular formula is C18H31N5O3. The number of carbonyl (C=O) groups excluding carboxylic acids is 2. The van der Waals surface area contributed by atoms with Gasteiger partial charge in [-0.25, -0.2) is 4.79 Å². The third-order valence-corrected chi connectivity index (χ3v) is 4.51. The number of hydrogen-bond donors (Lipinski definition) is 1. The fourth-order valence-corrected chi connectivity index (χ4v) is 3.01. The lowest BCUT2D eigenvalue weighted by Crippen LogP contribution is -2.45. The zero-order valence-corrected chi connectivity index (χ0v) is 16.5. The van der Waals surface area contributed by atoms with E-state index in [4.69, 9.17) is 4.52 Å². The van der Waals surface area contributed by atoms with E-state index >= 15 is 0 Å². The number of likely N-dealkylation sites (tertiary alicyclic amines) is 1. The van der Waals surface area contributed by atoms with Gasteiger partial charge in [0, 0.05) is 45.4 Å². The molecule has 0 spiro atoms. The lowest BCUT2D eigenvalue weighted by atomic mass is 10.2. The van der Waals surface area contributed by atoms with Crippen molar-refractivity contribution in [2.24, 2.45) is 5.92 Å². The van der Waals surface area contributed by atoms with Crippen LogP contribution in [-0.2, 0) is 11.2 Å². The lowest BCUT2D eigenvalue weighted by Gasteiger charge is -2.27. The Balaban J connectivity index is 1.89. The van der Waals surface area contributed by atoms with E-state index in [1.807, 2.05) is 18.7 Å². The van der Waals surface area contributed by atoms with Gasteiger partial charge >= 0.3 is 6.03 Å². The molecule has 0 aliphatic carbocycles. The van der Waals surface area contributed by atoms with Crippen LogP contribution in [0.15, 0.2) is 4.52 Å². The molecule has 1 fully saturated rings. The molecule has 146 valence electrons. The van der Waals surface area contributed by atoms with Gasteiger partial charge in [0.25, 0.3) is 0 Å². The average molecular weight is 365 g/mol. The van der Waals surface area contributed by atoms with E-state index in [0.29, 0.717) is 50.2 Å². The maximum absolute atomic E-state index is 12.2. The number of nitrogens with zero attached hydrogens (tertiary/aromatic N) is 4. The van der Waals surface area contributed by atoms with Crippen LogP contribution < -0.4 is 5.32 Å². The lowest BCUT2D eigenvalue weighted by molar-refractivity contribution is -0.130. The van der Waals surface area contributed by atoms with Crippen molar-refractivity contribution in [3.8, 4) is 0 Å². The number of nitrogens with one attached hydrogen (secondary N) is 1. The zero-order valence-electron chi connectivity index (χ0n) is 16.5. The minimum Gasteiger partial charge on any atom is -0.339 e. The number of amides is 3. The third-order valence-electron chi connectivity index (χ3n) is 4.51. The molecule has 1 aliphatic heterocycles. The van der Waals surface area contributed by atoms with E-state index in [-0.39, 0.29) is 23.9 Å². The molecule has 1 unspecified atom stereocenters. The summed E-state index contributed by atoms with van der Waals surface area (Å²) in [5.41, 5.74) is 0. The maximum atomic E-state index is 12.2. The van der Waals surface area contributed by atoms with Gasteiger partial charge in [-0.3, -0.25) is 4.79 Å². The van der Waals surface area contributed by atoms with Crippen molar-refractivity contribution >= 4 is 11.9 Å². The van der Waals surface area contributed by atoms with Gasteiger partial charge in [0.2, 0.25) is 11.8 Å². The first-order valence-electron chi connectivity index (χ1n) is 9.40. The Labute approximate surface area is 155 Å². The van der Waals surface area contributed by atoms with Gasteiger partial charge < -0.3 is 19.6 Å².